The van der Waals surface area contributed by atoms with Gasteiger partial charge < -0.3 is 4.90 Å². The van der Waals surface area contributed by atoms with Crippen LogP contribution < -0.4 is 4.90 Å². The third-order valence-electron chi connectivity index (χ3n) is 5.38. The number of piperazine rings is 1. The fourth-order valence-corrected chi connectivity index (χ4v) is 5.79. The highest BCUT2D eigenvalue weighted by Gasteiger charge is 2.34. The van der Waals surface area contributed by atoms with Gasteiger partial charge in [0.15, 0.2) is 0 Å². The van der Waals surface area contributed by atoms with E-state index in [1.165, 1.54) is 16.4 Å². The average molecular weight is 446 g/mol. The summed E-state index contributed by atoms with van der Waals surface area (Å²) < 4.78 is 28.1. The number of halogens is 1. The van der Waals surface area contributed by atoms with E-state index in [2.05, 4.69) is 0 Å². The zero-order chi connectivity index (χ0) is 21.5. The smallest absolute Gasteiger partial charge is 0.271 e. The molecule has 0 spiro atoms. The van der Waals surface area contributed by atoms with Crippen LogP contribution in [0.4, 0.5) is 11.4 Å². The molecule has 0 radical (unpaired) electrons. The van der Waals surface area contributed by atoms with E-state index in [1.807, 2.05) is 42.2 Å². The Kier molecular flexibility index (Phi) is 5.40. The van der Waals surface area contributed by atoms with Crippen LogP contribution in [-0.4, -0.2) is 43.3 Å². The number of benzene rings is 3. The number of rotatable bonds is 4. The molecule has 1 saturated heterocycles. The molecule has 1 aliphatic rings. The van der Waals surface area contributed by atoms with Gasteiger partial charge in [0.2, 0.25) is 10.0 Å². The first-order valence-electron chi connectivity index (χ1n) is 9.47. The molecule has 0 bridgehead atoms. The van der Waals surface area contributed by atoms with Crippen molar-refractivity contribution in [1.29, 1.82) is 0 Å². The van der Waals surface area contributed by atoms with Crippen LogP contribution in [-0.2, 0) is 10.0 Å². The average Bonchev–Trinajstić information content (AvgIpc) is 2.73. The fourth-order valence-electron chi connectivity index (χ4n) is 3.85. The fraction of sp³-hybridized carbons (Fsp3) is 0.238. The largest absolute Gasteiger partial charge is 0.367 e. The molecule has 1 atom stereocenters. The zero-order valence-corrected chi connectivity index (χ0v) is 17.8. The number of non-ortho nitro benzene ring substituents is 1. The van der Waals surface area contributed by atoms with Gasteiger partial charge in [0.1, 0.15) is 0 Å². The minimum atomic E-state index is -3.65. The Bertz CT molecular complexity index is 1230. The third-order valence-corrected chi connectivity index (χ3v) is 7.69. The van der Waals surface area contributed by atoms with Crippen LogP contribution in [0, 0.1) is 10.1 Å². The van der Waals surface area contributed by atoms with E-state index >= 15 is 0 Å². The van der Waals surface area contributed by atoms with Gasteiger partial charge in [-0.1, -0.05) is 41.9 Å². The van der Waals surface area contributed by atoms with E-state index in [0.29, 0.717) is 25.3 Å². The van der Waals surface area contributed by atoms with E-state index in [1.54, 1.807) is 18.2 Å². The molecule has 0 saturated carbocycles. The summed E-state index contributed by atoms with van der Waals surface area (Å²) in [6.45, 7) is 3.02. The Morgan fingerprint density at radius 3 is 2.43 bits per heavy atom. The summed E-state index contributed by atoms with van der Waals surface area (Å²) in [6.07, 6.45) is 0. The Hall–Kier alpha value is -2.68. The predicted molar refractivity (Wildman–Crippen MR) is 118 cm³/mol. The van der Waals surface area contributed by atoms with Crippen molar-refractivity contribution in [3.63, 3.8) is 0 Å². The van der Waals surface area contributed by atoms with Gasteiger partial charge in [0, 0.05) is 37.8 Å². The summed E-state index contributed by atoms with van der Waals surface area (Å²) in [5.41, 5.74) is 0.589. The molecule has 7 nitrogen and oxygen atoms in total. The van der Waals surface area contributed by atoms with Crippen molar-refractivity contribution in [3.05, 3.63) is 75.8 Å². The van der Waals surface area contributed by atoms with Crippen molar-refractivity contribution in [2.45, 2.75) is 17.9 Å². The highest BCUT2D eigenvalue weighted by atomic mass is 35.5. The number of nitro groups is 1. The molecule has 0 N–H and O–H groups in total. The molecule has 4 rings (SSSR count). The van der Waals surface area contributed by atoms with Crippen molar-refractivity contribution < 1.29 is 13.3 Å². The van der Waals surface area contributed by atoms with Crippen molar-refractivity contribution in [3.8, 4) is 0 Å². The van der Waals surface area contributed by atoms with Crippen molar-refractivity contribution in [2.75, 3.05) is 24.5 Å². The van der Waals surface area contributed by atoms with E-state index in [9.17, 15) is 18.5 Å². The maximum absolute atomic E-state index is 13.3. The highest BCUT2D eigenvalue weighted by molar-refractivity contribution is 7.89. The van der Waals surface area contributed by atoms with Gasteiger partial charge in [-0.05, 0) is 35.9 Å². The normalized spacial score (nSPS) is 17.9. The lowest BCUT2D eigenvalue weighted by atomic mass is 10.1. The second-order valence-corrected chi connectivity index (χ2v) is 9.61. The first-order chi connectivity index (χ1) is 14.3. The van der Waals surface area contributed by atoms with E-state index in [4.69, 9.17) is 11.6 Å². The molecule has 9 heteroatoms. The highest BCUT2D eigenvalue weighted by Crippen LogP contribution is 2.32. The lowest BCUT2D eigenvalue weighted by Gasteiger charge is -2.40. The van der Waals surface area contributed by atoms with Crippen molar-refractivity contribution in [1.82, 2.24) is 4.31 Å². The maximum atomic E-state index is 13.3. The Morgan fingerprint density at radius 1 is 1.03 bits per heavy atom. The molecule has 0 aliphatic carbocycles. The number of nitrogens with zero attached hydrogens (tertiary/aromatic N) is 3. The number of anilines is 1. The van der Waals surface area contributed by atoms with E-state index < -0.39 is 14.9 Å². The lowest BCUT2D eigenvalue weighted by Crippen LogP contribution is -2.54. The molecule has 1 heterocycles. The van der Waals surface area contributed by atoms with Gasteiger partial charge in [-0.25, -0.2) is 8.42 Å². The summed E-state index contributed by atoms with van der Waals surface area (Å²) >= 11 is 6.25. The Morgan fingerprint density at radius 2 is 1.77 bits per heavy atom. The molecule has 1 fully saturated rings. The van der Waals surface area contributed by atoms with Gasteiger partial charge in [0.05, 0.1) is 20.5 Å². The molecule has 0 amide bonds. The second-order valence-electron chi connectivity index (χ2n) is 7.31. The first kappa shape index (κ1) is 20.6. The van der Waals surface area contributed by atoms with Gasteiger partial charge >= 0.3 is 0 Å². The van der Waals surface area contributed by atoms with Gasteiger partial charge in [-0.15, -0.1) is 0 Å². The summed E-state index contributed by atoms with van der Waals surface area (Å²) in [5.74, 6) is 0. The molecule has 0 aromatic heterocycles. The maximum Gasteiger partial charge on any atom is 0.271 e. The summed E-state index contributed by atoms with van der Waals surface area (Å²) in [6, 6.07) is 16.9. The number of sulfonamides is 1. The van der Waals surface area contributed by atoms with Gasteiger partial charge in [-0.3, -0.25) is 10.1 Å². The van der Waals surface area contributed by atoms with E-state index in [-0.39, 0.29) is 21.6 Å². The van der Waals surface area contributed by atoms with Crippen LogP contribution >= 0.6 is 11.6 Å². The standard InChI is InChI=1S/C21H20ClN3O4S/c1-15-14-23(21-9-7-18(25(26)27)13-20(21)22)10-11-24(15)30(28,29)19-8-6-16-4-2-3-5-17(16)12-19/h2-9,12-13,15H,10-11,14H2,1H3/t15-/m1/s1. The number of nitro benzene ring substituents is 1. The molecule has 3 aromatic rings. The van der Waals surface area contributed by atoms with Crippen LogP contribution in [0.3, 0.4) is 0 Å². The Balaban J connectivity index is 1.57. The predicted octanol–water partition coefficient (Wildman–Crippen LogP) is 4.30. The quantitative estimate of drug-likeness (QED) is 0.441. The minimum Gasteiger partial charge on any atom is -0.367 e. The first-order valence-corrected chi connectivity index (χ1v) is 11.3. The number of hydrogen-bond donors (Lipinski definition) is 0. The summed E-state index contributed by atoms with van der Waals surface area (Å²) in [4.78, 5) is 12.7. The lowest BCUT2D eigenvalue weighted by molar-refractivity contribution is -0.384. The van der Waals surface area contributed by atoms with Crippen LogP contribution in [0.1, 0.15) is 6.92 Å². The second kappa shape index (κ2) is 7.86. The molecule has 156 valence electrons. The van der Waals surface area contributed by atoms with Crippen LogP contribution in [0.5, 0.6) is 0 Å². The third kappa shape index (κ3) is 3.74. The monoisotopic (exact) mass is 445 g/mol. The van der Waals surface area contributed by atoms with Crippen molar-refractivity contribution >= 4 is 43.8 Å². The summed E-state index contributed by atoms with van der Waals surface area (Å²) in [5, 5.41) is 13.1. The minimum absolute atomic E-state index is 0.0747. The Labute approximate surface area is 179 Å². The molecule has 3 aromatic carbocycles. The number of hydrogen-bond acceptors (Lipinski definition) is 5. The summed E-state index contributed by atoms with van der Waals surface area (Å²) in [7, 11) is -3.65. The zero-order valence-electron chi connectivity index (χ0n) is 16.2. The van der Waals surface area contributed by atoms with Crippen LogP contribution in [0.25, 0.3) is 10.8 Å². The molecular weight excluding hydrogens is 426 g/mol. The van der Waals surface area contributed by atoms with Crippen LogP contribution in [0.2, 0.25) is 5.02 Å². The molecule has 0 unspecified atom stereocenters. The molecule has 1 aliphatic heterocycles. The topological polar surface area (TPSA) is 83.8 Å². The van der Waals surface area contributed by atoms with Crippen LogP contribution in [0.15, 0.2) is 65.6 Å². The van der Waals surface area contributed by atoms with Gasteiger partial charge in [-0.2, -0.15) is 4.31 Å². The van der Waals surface area contributed by atoms with E-state index in [0.717, 1.165) is 10.8 Å². The SMILES string of the molecule is C[C@@H]1CN(c2ccc([N+](=O)[O-])cc2Cl)CCN1S(=O)(=O)c1ccc2ccccc2c1. The molecule has 30 heavy (non-hydrogen) atoms. The molecular formula is C21H20ClN3O4S. The number of fused-ring (bicyclic) bond motifs is 1. The van der Waals surface area contributed by atoms with Gasteiger partial charge in [0.25, 0.3) is 5.69 Å². The van der Waals surface area contributed by atoms with Crippen molar-refractivity contribution in [2.24, 2.45) is 0 Å².